The normalized spacial score (nSPS) is 11.8. The highest BCUT2D eigenvalue weighted by molar-refractivity contribution is 5.95. The highest BCUT2D eigenvalue weighted by Gasteiger charge is 2.12. The Labute approximate surface area is 221 Å². The quantitative estimate of drug-likeness (QED) is 0.193. The zero-order valence-electron chi connectivity index (χ0n) is 21.6. The SMILES string of the molecule is CCCNc1ccc2cc(C)c(N=Nc3ccc(N=Nc4ccc5cc(C)ccc5c4)cc3O)c(O)c2c1. The first-order chi connectivity index (χ1) is 18.4. The molecule has 0 bridgehead atoms. The van der Waals surface area contributed by atoms with Crippen LogP contribution in [0.3, 0.4) is 0 Å². The molecule has 0 unspecified atom stereocenters. The summed E-state index contributed by atoms with van der Waals surface area (Å²) in [4.78, 5) is 0. The maximum atomic E-state index is 11.0. The Hall–Kier alpha value is -4.78. The number of aromatic hydroxyl groups is 2. The van der Waals surface area contributed by atoms with Gasteiger partial charge in [0.1, 0.15) is 17.1 Å². The van der Waals surface area contributed by atoms with E-state index in [1.165, 1.54) is 11.6 Å². The van der Waals surface area contributed by atoms with Gasteiger partial charge in [-0.1, -0.05) is 42.8 Å². The van der Waals surface area contributed by atoms with Crippen LogP contribution in [0.15, 0.2) is 99.3 Å². The minimum absolute atomic E-state index is 0.0550. The Morgan fingerprint density at radius 2 is 1.39 bits per heavy atom. The molecule has 0 spiro atoms. The number of fused-ring (bicyclic) bond motifs is 2. The Morgan fingerprint density at radius 1 is 0.684 bits per heavy atom. The lowest BCUT2D eigenvalue weighted by atomic mass is 10.0. The number of rotatable bonds is 7. The van der Waals surface area contributed by atoms with Gasteiger partial charge in [0.25, 0.3) is 0 Å². The van der Waals surface area contributed by atoms with Crippen molar-refractivity contribution in [3.8, 4) is 11.5 Å². The van der Waals surface area contributed by atoms with Crippen molar-refractivity contribution in [2.75, 3.05) is 11.9 Å². The van der Waals surface area contributed by atoms with E-state index >= 15 is 0 Å². The van der Waals surface area contributed by atoms with Crippen LogP contribution in [0.4, 0.5) is 28.4 Å². The fourth-order valence-electron chi connectivity index (χ4n) is 4.30. The molecule has 0 saturated heterocycles. The van der Waals surface area contributed by atoms with Gasteiger partial charge in [0.15, 0.2) is 5.75 Å². The Kier molecular flexibility index (Phi) is 7.00. The number of anilines is 1. The fraction of sp³-hybridized carbons (Fsp3) is 0.161. The van der Waals surface area contributed by atoms with Gasteiger partial charge in [-0.05, 0) is 84.5 Å². The molecule has 7 nitrogen and oxygen atoms in total. The first-order valence-corrected chi connectivity index (χ1v) is 12.6. The minimum atomic E-state index is -0.0804. The van der Waals surface area contributed by atoms with Crippen LogP contribution in [0.5, 0.6) is 11.5 Å². The molecule has 0 aromatic heterocycles. The lowest BCUT2D eigenvalue weighted by Crippen LogP contribution is -1.99. The first-order valence-electron chi connectivity index (χ1n) is 12.6. The van der Waals surface area contributed by atoms with Crippen molar-refractivity contribution < 1.29 is 10.2 Å². The van der Waals surface area contributed by atoms with E-state index in [1.54, 1.807) is 12.1 Å². The summed E-state index contributed by atoms with van der Waals surface area (Å²) in [5.74, 6) is -0.0254. The van der Waals surface area contributed by atoms with Crippen molar-refractivity contribution in [1.82, 2.24) is 0 Å². The standard InChI is InChI=1S/C31H29N5O2/c1-4-13-32-24-9-8-23-15-20(3)30(31(38)27(23)17-24)36-35-28-12-11-26(18-29(28)37)34-33-25-10-7-21-14-19(2)5-6-22(21)16-25/h5-12,14-18,32,37-38H,4,13H2,1-3H3. The minimum Gasteiger partial charge on any atom is -0.506 e. The number of azo groups is 2. The molecule has 0 radical (unpaired) electrons. The predicted octanol–water partition coefficient (Wildman–Crippen LogP) is 9.67. The molecule has 0 amide bonds. The van der Waals surface area contributed by atoms with Crippen molar-refractivity contribution >= 4 is 50.0 Å². The number of nitrogens with one attached hydrogen (secondary N) is 1. The van der Waals surface area contributed by atoms with Gasteiger partial charge in [0, 0.05) is 23.7 Å². The van der Waals surface area contributed by atoms with Crippen molar-refractivity contribution in [3.05, 3.63) is 90.0 Å². The molecule has 3 N–H and O–H groups in total. The first kappa shape index (κ1) is 24.9. The summed E-state index contributed by atoms with van der Waals surface area (Å²) < 4.78 is 0. The maximum absolute atomic E-state index is 11.0. The average Bonchev–Trinajstić information content (AvgIpc) is 2.91. The summed E-state index contributed by atoms with van der Waals surface area (Å²) in [5.41, 5.74) is 4.76. The molecule has 0 saturated carbocycles. The molecule has 0 aliphatic heterocycles. The summed E-state index contributed by atoms with van der Waals surface area (Å²) in [6.07, 6.45) is 1.00. The Bertz CT molecular complexity index is 1710. The molecule has 38 heavy (non-hydrogen) atoms. The van der Waals surface area contributed by atoms with Gasteiger partial charge < -0.3 is 15.5 Å². The van der Waals surface area contributed by atoms with Crippen LogP contribution < -0.4 is 5.32 Å². The second-order valence-corrected chi connectivity index (χ2v) is 9.36. The molecule has 0 aliphatic carbocycles. The highest BCUT2D eigenvalue weighted by Crippen LogP contribution is 2.41. The third kappa shape index (κ3) is 5.32. The largest absolute Gasteiger partial charge is 0.506 e. The van der Waals surface area contributed by atoms with Crippen molar-refractivity contribution in [2.24, 2.45) is 20.5 Å². The number of nitrogens with zero attached hydrogens (tertiary/aromatic N) is 4. The lowest BCUT2D eigenvalue weighted by molar-refractivity contribution is 0.475. The molecular formula is C31H29N5O2. The highest BCUT2D eigenvalue weighted by atomic mass is 16.3. The van der Waals surface area contributed by atoms with E-state index in [4.69, 9.17) is 0 Å². The Morgan fingerprint density at radius 3 is 2.18 bits per heavy atom. The molecule has 0 aliphatic rings. The summed E-state index contributed by atoms with van der Waals surface area (Å²) in [7, 11) is 0. The number of benzene rings is 5. The zero-order valence-corrected chi connectivity index (χ0v) is 21.6. The fourth-order valence-corrected chi connectivity index (χ4v) is 4.30. The van der Waals surface area contributed by atoms with E-state index in [1.807, 2.05) is 49.4 Å². The van der Waals surface area contributed by atoms with Gasteiger partial charge in [-0.25, -0.2) is 0 Å². The molecule has 5 aromatic rings. The smallest absolute Gasteiger partial charge is 0.151 e. The van der Waals surface area contributed by atoms with Crippen LogP contribution in [-0.4, -0.2) is 16.8 Å². The van der Waals surface area contributed by atoms with E-state index in [2.05, 4.69) is 57.8 Å². The van der Waals surface area contributed by atoms with E-state index in [0.717, 1.165) is 46.1 Å². The number of hydrogen-bond donors (Lipinski definition) is 3. The Balaban J connectivity index is 1.37. The molecule has 5 aromatic carbocycles. The monoisotopic (exact) mass is 503 g/mol. The van der Waals surface area contributed by atoms with Gasteiger partial charge in [0.2, 0.25) is 0 Å². The average molecular weight is 504 g/mol. The van der Waals surface area contributed by atoms with Crippen LogP contribution in [0.1, 0.15) is 24.5 Å². The van der Waals surface area contributed by atoms with E-state index in [9.17, 15) is 10.2 Å². The maximum Gasteiger partial charge on any atom is 0.151 e. The summed E-state index contributed by atoms with van der Waals surface area (Å²) >= 11 is 0. The molecule has 7 heteroatoms. The number of hydrogen-bond acceptors (Lipinski definition) is 7. The lowest BCUT2D eigenvalue weighted by Gasteiger charge is -2.10. The second-order valence-electron chi connectivity index (χ2n) is 9.36. The van der Waals surface area contributed by atoms with Crippen LogP contribution in [0.25, 0.3) is 21.5 Å². The van der Waals surface area contributed by atoms with Crippen molar-refractivity contribution in [3.63, 3.8) is 0 Å². The number of phenolic OH excluding ortho intramolecular Hbond substituents is 2. The molecular weight excluding hydrogens is 474 g/mol. The van der Waals surface area contributed by atoms with Gasteiger partial charge in [-0.15, -0.1) is 10.2 Å². The van der Waals surface area contributed by atoms with Crippen LogP contribution in [-0.2, 0) is 0 Å². The third-order valence-electron chi connectivity index (χ3n) is 6.33. The van der Waals surface area contributed by atoms with Crippen LogP contribution in [0.2, 0.25) is 0 Å². The number of phenols is 2. The molecule has 0 fully saturated rings. The van der Waals surface area contributed by atoms with E-state index in [-0.39, 0.29) is 17.2 Å². The summed E-state index contributed by atoms with van der Waals surface area (Å²) in [6.45, 7) is 6.88. The predicted molar refractivity (Wildman–Crippen MR) is 154 cm³/mol. The van der Waals surface area contributed by atoms with Gasteiger partial charge in [-0.3, -0.25) is 0 Å². The molecule has 0 heterocycles. The third-order valence-corrected chi connectivity index (χ3v) is 6.33. The van der Waals surface area contributed by atoms with Crippen molar-refractivity contribution in [2.45, 2.75) is 27.2 Å². The topological polar surface area (TPSA) is 102 Å². The summed E-state index contributed by atoms with van der Waals surface area (Å²) in [6, 6.07) is 24.8. The van der Waals surface area contributed by atoms with Gasteiger partial charge in [-0.2, -0.15) is 10.2 Å². The van der Waals surface area contributed by atoms with Gasteiger partial charge in [0.05, 0.1) is 11.4 Å². The van der Waals surface area contributed by atoms with Crippen LogP contribution in [0, 0.1) is 13.8 Å². The van der Waals surface area contributed by atoms with E-state index in [0.29, 0.717) is 16.8 Å². The molecule has 190 valence electrons. The van der Waals surface area contributed by atoms with E-state index < -0.39 is 0 Å². The molecule has 5 rings (SSSR count). The number of aryl methyl sites for hydroxylation is 2. The second kappa shape index (κ2) is 10.7. The van der Waals surface area contributed by atoms with Crippen LogP contribution >= 0.6 is 0 Å². The van der Waals surface area contributed by atoms with Crippen molar-refractivity contribution in [1.29, 1.82) is 0 Å². The summed E-state index contributed by atoms with van der Waals surface area (Å²) in [5, 5.41) is 45.7. The van der Waals surface area contributed by atoms with Gasteiger partial charge >= 0.3 is 0 Å². The molecule has 0 atom stereocenters. The zero-order chi connectivity index (χ0) is 26.6.